The maximum Gasteiger partial charge on any atom is 0.195 e. The molecule has 1 atom stereocenters. The fourth-order valence-corrected chi connectivity index (χ4v) is 2.71. The van der Waals surface area contributed by atoms with E-state index in [0.29, 0.717) is 11.1 Å². The fourth-order valence-electron chi connectivity index (χ4n) is 2.71. The third kappa shape index (κ3) is 5.33. The van der Waals surface area contributed by atoms with Crippen LogP contribution in [0.25, 0.3) is 0 Å². The number of rotatable bonds is 9. The molecule has 2 aromatic carbocycles. The molecular formula is C21H26O2. The summed E-state index contributed by atoms with van der Waals surface area (Å²) >= 11 is 0. The molecule has 0 fully saturated rings. The molecule has 0 radical (unpaired) electrons. The molecule has 122 valence electrons. The van der Waals surface area contributed by atoms with Gasteiger partial charge in [0.15, 0.2) is 5.78 Å². The number of carbonyl (C=O) groups is 1. The molecule has 2 rings (SSSR count). The number of hydrogen-bond acceptors (Lipinski definition) is 2. The molecule has 1 unspecified atom stereocenters. The van der Waals surface area contributed by atoms with E-state index in [1.807, 2.05) is 42.5 Å². The summed E-state index contributed by atoms with van der Waals surface area (Å²) in [5.74, 6) is -0.245. The molecule has 0 heterocycles. The zero-order valence-electron chi connectivity index (χ0n) is 13.9. The lowest BCUT2D eigenvalue weighted by molar-refractivity contribution is 0.0747. The Morgan fingerprint density at radius 2 is 1.57 bits per heavy atom. The topological polar surface area (TPSA) is 37.3 Å². The zero-order valence-corrected chi connectivity index (χ0v) is 13.9. The van der Waals surface area contributed by atoms with Crippen molar-refractivity contribution >= 4 is 5.78 Å². The summed E-state index contributed by atoms with van der Waals surface area (Å²) in [6, 6.07) is 16.7. The largest absolute Gasteiger partial charge is 0.380 e. The minimum absolute atomic E-state index is 0.245. The van der Waals surface area contributed by atoms with Crippen LogP contribution in [0.3, 0.4) is 0 Å². The van der Waals surface area contributed by atoms with Crippen LogP contribution >= 0.6 is 0 Å². The third-order valence-electron chi connectivity index (χ3n) is 4.17. The van der Waals surface area contributed by atoms with Gasteiger partial charge in [-0.05, 0) is 24.0 Å². The predicted octanol–water partition coefficient (Wildman–Crippen LogP) is 5.12. The molecule has 0 aliphatic carbocycles. The van der Waals surface area contributed by atoms with Crippen LogP contribution in [0.15, 0.2) is 54.6 Å². The van der Waals surface area contributed by atoms with Crippen molar-refractivity contribution in [2.75, 3.05) is 0 Å². The second-order valence-corrected chi connectivity index (χ2v) is 6.04. The normalized spacial score (nSPS) is 12.1. The summed E-state index contributed by atoms with van der Waals surface area (Å²) in [6.07, 6.45) is 6.30. The quantitative estimate of drug-likeness (QED) is 0.516. The van der Waals surface area contributed by atoms with Crippen molar-refractivity contribution in [2.24, 2.45) is 0 Å². The molecule has 0 aliphatic heterocycles. The minimum Gasteiger partial charge on any atom is -0.380 e. The lowest BCUT2D eigenvalue weighted by atomic mass is 9.98. The highest BCUT2D eigenvalue weighted by Gasteiger charge is 2.18. The number of unbranched alkanes of at least 4 members (excludes halogenated alkanes) is 4. The van der Waals surface area contributed by atoms with Gasteiger partial charge in [-0.1, -0.05) is 87.2 Å². The molecule has 0 aliphatic rings. The molecule has 0 amide bonds. The van der Waals surface area contributed by atoms with Crippen molar-refractivity contribution in [3.63, 3.8) is 0 Å². The molecule has 0 bridgehead atoms. The Morgan fingerprint density at radius 3 is 2.22 bits per heavy atom. The van der Waals surface area contributed by atoms with Gasteiger partial charge in [0.2, 0.25) is 0 Å². The van der Waals surface area contributed by atoms with Gasteiger partial charge < -0.3 is 5.11 Å². The number of hydrogen-bond donors (Lipinski definition) is 1. The van der Waals surface area contributed by atoms with Gasteiger partial charge in [0.25, 0.3) is 0 Å². The highest BCUT2D eigenvalue weighted by Crippen LogP contribution is 2.19. The molecule has 0 aromatic heterocycles. The van der Waals surface area contributed by atoms with Gasteiger partial charge in [-0.3, -0.25) is 4.79 Å². The standard InChI is InChI=1S/C21H26O2/c1-2-3-4-5-7-10-17-13-15-19(16-14-17)21(23)20(22)18-11-8-6-9-12-18/h6,8-9,11-16,20,22H,2-5,7,10H2,1H3. The lowest BCUT2D eigenvalue weighted by Gasteiger charge is -2.10. The minimum atomic E-state index is -1.09. The van der Waals surface area contributed by atoms with Gasteiger partial charge in [0.05, 0.1) is 0 Å². The van der Waals surface area contributed by atoms with Crippen molar-refractivity contribution in [1.29, 1.82) is 0 Å². The Labute approximate surface area is 139 Å². The van der Waals surface area contributed by atoms with E-state index < -0.39 is 6.10 Å². The fraction of sp³-hybridized carbons (Fsp3) is 0.381. The number of aliphatic hydroxyl groups excluding tert-OH is 1. The third-order valence-corrected chi connectivity index (χ3v) is 4.17. The molecule has 0 saturated heterocycles. The van der Waals surface area contributed by atoms with Crippen LogP contribution in [0.2, 0.25) is 0 Å². The van der Waals surface area contributed by atoms with Crippen LogP contribution in [-0.2, 0) is 6.42 Å². The van der Waals surface area contributed by atoms with Crippen LogP contribution in [0, 0.1) is 0 Å². The Bertz CT molecular complexity index is 587. The Morgan fingerprint density at radius 1 is 0.913 bits per heavy atom. The average Bonchev–Trinajstić information content (AvgIpc) is 2.61. The summed E-state index contributed by atoms with van der Waals surface area (Å²) < 4.78 is 0. The van der Waals surface area contributed by atoms with Gasteiger partial charge in [-0.2, -0.15) is 0 Å². The van der Waals surface area contributed by atoms with Crippen LogP contribution in [0.4, 0.5) is 0 Å². The number of Topliss-reactive ketones (excluding diaryl/α,β-unsaturated/α-hetero) is 1. The Hall–Kier alpha value is -1.93. The predicted molar refractivity (Wildman–Crippen MR) is 94.6 cm³/mol. The number of aryl methyl sites for hydroxylation is 1. The van der Waals surface area contributed by atoms with Crippen molar-refractivity contribution in [3.05, 3.63) is 71.3 Å². The first-order valence-corrected chi connectivity index (χ1v) is 8.58. The summed E-state index contributed by atoms with van der Waals surface area (Å²) in [5, 5.41) is 10.2. The average molecular weight is 310 g/mol. The van der Waals surface area contributed by atoms with Gasteiger partial charge in [-0.15, -0.1) is 0 Å². The van der Waals surface area contributed by atoms with Crippen LogP contribution in [-0.4, -0.2) is 10.9 Å². The van der Waals surface area contributed by atoms with Gasteiger partial charge in [0.1, 0.15) is 6.10 Å². The van der Waals surface area contributed by atoms with E-state index in [4.69, 9.17) is 0 Å². The summed E-state index contributed by atoms with van der Waals surface area (Å²) in [4.78, 5) is 12.3. The lowest BCUT2D eigenvalue weighted by Crippen LogP contribution is -2.12. The van der Waals surface area contributed by atoms with Crippen molar-refractivity contribution < 1.29 is 9.90 Å². The van der Waals surface area contributed by atoms with E-state index in [1.54, 1.807) is 12.1 Å². The van der Waals surface area contributed by atoms with Crippen molar-refractivity contribution in [1.82, 2.24) is 0 Å². The van der Waals surface area contributed by atoms with Gasteiger partial charge in [-0.25, -0.2) is 0 Å². The number of benzene rings is 2. The Kier molecular flexibility index (Phi) is 7.02. The molecule has 2 heteroatoms. The highest BCUT2D eigenvalue weighted by atomic mass is 16.3. The van der Waals surface area contributed by atoms with Crippen molar-refractivity contribution in [3.8, 4) is 0 Å². The number of aliphatic hydroxyl groups is 1. The molecule has 1 N–H and O–H groups in total. The maximum atomic E-state index is 12.3. The molecular weight excluding hydrogens is 284 g/mol. The van der Waals surface area contributed by atoms with Gasteiger partial charge >= 0.3 is 0 Å². The molecule has 23 heavy (non-hydrogen) atoms. The van der Waals surface area contributed by atoms with Crippen molar-refractivity contribution in [2.45, 2.75) is 51.6 Å². The van der Waals surface area contributed by atoms with Crippen LogP contribution in [0.5, 0.6) is 0 Å². The first-order valence-electron chi connectivity index (χ1n) is 8.58. The zero-order chi connectivity index (χ0) is 16.5. The first kappa shape index (κ1) is 17.4. The van der Waals surface area contributed by atoms with Crippen LogP contribution < -0.4 is 0 Å². The number of ketones is 1. The second kappa shape index (κ2) is 9.26. The highest BCUT2D eigenvalue weighted by molar-refractivity contribution is 5.99. The monoisotopic (exact) mass is 310 g/mol. The molecule has 2 aromatic rings. The van der Waals surface area contributed by atoms with E-state index in [1.165, 1.54) is 37.7 Å². The molecule has 0 saturated carbocycles. The van der Waals surface area contributed by atoms with E-state index in [9.17, 15) is 9.90 Å². The summed E-state index contributed by atoms with van der Waals surface area (Å²) in [6.45, 7) is 2.22. The smallest absolute Gasteiger partial charge is 0.195 e. The first-order chi connectivity index (χ1) is 11.2. The van der Waals surface area contributed by atoms with E-state index >= 15 is 0 Å². The SMILES string of the molecule is CCCCCCCc1ccc(C(=O)C(O)c2ccccc2)cc1. The maximum absolute atomic E-state index is 12.3. The number of carbonyl (C=O) groups excluding carboxylic acids is 1. The van der Waals surface area contributed by atoms with E-state index in [2.05, 4.69) is 6.92 Å². The molecule has 2 nitrogen and oxygen atoms in total. The van der Waals surface area contributed by atoms with Gasteiger partial charge in [0, 0.05) is 5.56 Å². The second-order valence-electron chi connectivity index (χ2n) is 6.04. The van der Waals surface area contributed by atoms with E-state index in [0.717, 1.165) is 6.42 Å². The summed E-state index contributed by atoms with van der Waals surface area (Å²) in [7, 11) is 0. The summed E-state index contributed by atoms with van der Waals surface area (Å²) in [5.41, 5.74) is 2.46. The molecule has 0 spiro atoms. The van der Waals surface area contributed by atoms with E-state index in [-0.39, 0.29) is 5.78 Å². The Balaban J connectivity index is 1.90. The van der Waals surface area contributed by atoms with Crippen LogP contribution in [0.1, 0.15) is 66.6 Å².